The molecule has 2 aliphatic rings. The highest BCUT2D eigenvalue weighted by Crippen LogP contribution is 2.37. The highest BCUT2D eigenvalue weighted by molar-refractivity contribution is 5.90. The van der Waals surface area contributed by atoms with Gasteiger partial charge in [0, 0.05) is 22.3 Å². The van der Waals surface area contributed by atoms with E-state index in [1.54, 1.807) is 35.8 Å². The molecule has 5 rings (SSSR count). The SMILES string of the molecule is CC1(c2ccc(-c3ccc(N4C[C@H](CO)OC4=O)cc3F)cn2)Cn2cc([N+](=O)[O-])nc2O1. The zero-order valence-corrected chi connectivity index (χ0v) is 17.3. The Balaban J connectivity index is 1.35. The number of hydrogen-bond donors (Lipinski definition) is 1. The van der Waals surface area contributed by atoms with E-state index in [0.717, 1.165) is 0 Å². The Morgan fingerprint density at radius 2 is 2.18 bits per heavy atom. The average Bonchev–Trinajstić information content (AvgIpc) is 3.45. The van der Waals surface area contributed by atoms with E-state index in [1.807, 2.05) is 0 Å². The molecule has 1 amide bonds. The predicted molar refractivity (Wildman–Crippen MR) is 111 cm³/mol. The first-order valence-electron chi connectivity index (χ1n) is 10.0. The van der Waals surface area contributed by atoms with Crippen molar-refractivity contribution in [3.8, 4) is 17.1 Å². The van der Waals surface area contributed by atoms with Gasteiger partial charge in [0.15, 0.2) is 5.60 Å². The summed E-state index contributed by atoms with van der Waals surface area (Å²) in [6.07, 6.45) is 1.55. The summed E-state index contributed by atoms with van der Waals surface area (Å²) >= 11 is 0. The Labute approximate surface area is 186 Å². The summed E-state index contributed by atoms with van der Waals surface area (Å²) in [6, 6.07) is 7.92. The van der Waals surface area contributed by atoms with Crippen LogP contribution >= 0.6 is 0 Å². The van der Waals surface area contributed by atoms with Crippen LogP contribution < -0.4 is 9.64 Å². The van der Waals surface area contributed by atoms with E-state index >= 15 is 0 Å². The molecule has 12 heteroatoms. The number of hydrogen-bond acceptors (Lipinski definition) is 8. The normalized spacial score (nSPS) is 21.6. The third-order valence-electron chi connectivity index (χ3n) is 5.66. The molecule has 0 saturated carbocycles. The number of imidazole rings is 1. The van der Waals surface area contributed by atoms with Gasteiger partial charge in [0.1, 0.15) is 18.1 Å². The molecule has 1 saturated heterocycles. The molecule has 11 nitrogen and oxygen atoms in total. The monoisotopic (exact) mass is 455 g/mol. The quantitative estimate of drug-likeness (QED) is 0.459. The van der Waals surface area contributed by atoms with Gasteiger partial charge in [-0.1, -0.05) is 6.07 Å². The first-order valence-corrected chi connectivity index (χ1v) is 10.0. The molecular formula is C21H18FN5O6. The molecular weight excluding hydrogens is 437 g/mol. The van der Waals surface area contributed by atoms with Crippen LogP contribution in [0.3, 0.4) is 0 Å². The van der Waals surface area contributed by atoms with E-state index in [1.165, 1.54) is 23.4 Å². The largest absolute Gasteiger partial charge is 0.441 e. The molecule has 170 valence electrons. The lowest BCUT2D eigenvalue weighted by molar-refractivity contribution is -0.389. The van der Waals surface area contributed by atoms with Crippen molar-refractivity contribution >= 4 is 17.6 Å². The van der Waals surface area contributed by atoms with Crippen LogP contribution in [-0.2, 0) is 16.9 Å². The number of carbonyl (C=O) groups is 1. The van der Waals surface area contributed by atoms with Crippen molar-refractivity contribution in [3.63, 3.8) is 0 Å². The lowest BCUT2D eigenvalue weighted by atomic mass is 9.99. The lowest BCUT2D eigenvalue weighted by Crippen LogP contribution is -2.29. The second-order valence-corrected chi connectivity index (χ2v) is 7.99. The Bertz CT molecular complexity index is 1240. The van der Waals surface area contributed by atoms with Crippen LogP contribution in [0.5, 0.6) is 6.01 Å². The molecule has 1 N–H and O–H groups in total. The van der Waals surface area contributed by atoms with E-state index < -0.39 is 28.5 Å². The van der Waals surface area contributed by atoms with Crippen LogP contribution in [0.4, 0.5) is 20.7 Å². The Kier molecular flexibility index (Phi) is 4.74. The molecule has 3 aromatic rings. The van der Waals surface area contributed by atoms with Gasteiger partial charge in [-0.2, -0.15) is 0 Å². The van der Waals surface area contributed by atoms with Gasteiger partial charge in [-0.25, -0.2) is 9.18 Å². The van der Waals surface area contributed by atoms with Crippen LogP contribution in [-0.4, -0.2) is 49.9 Å². The van der Waals surface area contributed by atoms with Gasteiger partial charge in [-0.05, 0) is 36.1 Å². The first kappa shape index (κ1) is 20.8. The van der Waals surface area contributed by atoms with E-state index in [2.05, 4.69) is 9.97 Å². The van der Waals surface area contributed by atoms with Gasteiger partial charge in [-0.15, -0.1) is 0 Å². The van der Waals surface area contributed by atoms with Crippen molar-refractivity contribution in [1.29, 1.82) is 0 Å². The zero-order valence-electron chi connectivity index (χ0n) is 17.3. The fourth-order valence-corrected chi connectivity index (χ4v) is 3.96. The molecule has 33 heavy (non-hydrogen) atoms. The Hall–Kier alpha value is -4.06. The number of aliphatic hydroxyl groups excluding tert-OH is 1. The van der Waals surface area contributed by atoms with Crippen LogP contribution in [0, 0.1) is 15.9 Å². The number of cyclic esters (lactones) is 1. The summed E-state index contributed by atoms with van der Waals surface area (Å²) in [7, 11) is 0. The molecule has 1 unspecified atom stereocenters. The summed E-state index contributed by atoms with van der Waals surface area (Å²) in [5.74, 6) is -0.832. The fraction of sp³-hybridized carbons (Fsp3) is 0.286. The summed E-state index contributed by atoms with van der Waals surface area (Å²) in [5.41, 5.74) is 0.834. The number of aliphatic hydroxyl groups is 1. The zero-order chi connectivity index (χ0) is 23.3. The summed E-state index contributed by atoms with van der Waals surface area (Å²) in [6.45, 7) is 1.92. The molecule has 1 aromatic carbocycles. The fourth-order valence-electron chi connectivity index (χ4n) is 3.96. The number of anilines is 1. The van der Waals surface area contributed by atoms with E-state index in [-0.39, 0.29) is 25.0 Å². The molecule has 0 radical (unpaired) electrons. The number of carbonyl (C=O) groups excluding carboxylic acids is 1. The van der Waals surface area contributed by atoms with Crippen LogP contribution in [0.15, 0.2) is 42.7 Å². The smallest absolute Gasteiger partial charge is 0.415 e. The number of pyridine rings is 1. The summed E-state index contributed by atoms with van der Waals surface area (Å²) < 4.78 is 27.2. The third kappa shape index (κ3) is 3.53. The highest BCUT2D eigenvalue weighted by Gasteiger charge is 2.42. The van der Waals surface area contributed by atoms with Crippen LogP contribution in [0.25, 0.3) is 11.1 Å². The lowest BCUT2D eigenvalue weighted by Gasteiger charge is -2.21. The van der Waals surface area contributed by atoms with Gasteiger partial charge in [0.25, 0.3) is 0 Å². The van der Waals surface area contributed by atoms with Crippen molar-refractivity contribution in [2.75, 3.05) is 18.1 Å². The van der Waals surface area contributed by atoms with Gasteiger partial charge < -0.3 is 24.7 Å². The number of benzene rings is 1. The second kappa shape index (κ2) is 7.52. The minimum absolute atomic E-state index is 0.139. The van der Waals surface area contributed by atoms with Gasteiger partial charge in [0.05, 0.1) is 31.1 Å². The minimum atomic E-state index is -0.877. The highest BCUT2D eigenvalue weighted by atomic mass is 19.1. The second-order valence-electron chi connectivity index (χ2n) is 7.99. The van der Waals surface area contributed by atoms with Crippen molar-refractivity contribution in [1.82, 2.24) is 14.5 Å². The van der Waals surface area contributed by atoms with E-state index in [0.29, 0.717) is 29.1 Å². The maximum Gasteiger partial charge on any atom is 0.415 e. The third-order valence-corrected chi connectivity index (χ3v) is 5.66. The number of nitro groups is 1. The molecule has 2 aromatic heterocycles. The standard InChI is InChI=1S/C21H18FN5O6/c1-21(11-25-9-18(27(30)31)24-19(25)33-21)17-5-2-12(7-23-17)15-4-3-13(6-16(15)22)26-8-14(10-28)32-20(26)29/h2-7,9,14,28H,8,10-11H2,1H3/t14-,21?/m1/s1. The minimum Gasteiger partial charge on any atom is -0.441 e. The van der Waals surface area contributed by atoms with Gasteiger partial charge in [-0.3, -0.25) is 14.5 Å². The predicted octanol–water partition coefficient (Wildman–Crippen LogP) is 2.62. The van der Waals surface area contributed by atoms with Crippen LogP contribution in [0.2, 0.25) is 0 Å². The number of aromatic nitrogens is 3. The number of rotatable bonds is 5. The molecule has 2 aliphatic heterocycles. The summed E-state index contributed by atoms with van der Waals surface area (Å²) in [5, 5.41) is 20.0. The topological polar surface area (TPSA) is 133 Å². The van der Waals surface area contributed by atoms with Crippen molar-refractivity contribution in [2.45, 2.75) is 25.2 Å². The maximum atomic E-state index is 14.9. The first-order chi connectivity index (χ1) is 15.8. The van der Waals surface area contributed by atoms with Crippen molar-refractivity contribution in [2.24, 2.45) is 0 Å². The Morgan fingerprint density at radius 1 is 1.36 bits per heavy atom. The number of fused-ring (bicyclic) bond motifs is 1. The molecule has 1 fully saturated rings. The number of ether oxygens (including phenoxy) is 2. The van der Waals surface area contributed by atoms with Gasteiger partial charge >= 0.3 is 17.9 Å². The summed E-state index contributed by atoms with van der Waals surface area (Å²) in [4.78, 5) is 31.8. The molecule has 4 heterocycles. The van der Waals surface area contributed by atoms with E-state index in [4.69, 9.17) is 14.6 Å². The molecule has 2 atom stereocenters. The number of nitrogens with zero attached hydrogens (tertiary/aromatic N) is 5. The van der Waals surface area contributed by atoms with Crippen LogP contribution in [0.1, 0.15) is 12.6 Å². The maximum absolute atomic E-state index is 14.9. The molecule has 0 spiro atoms. The molecule has 0 bridgehead atoms. The molecule has 0 aliphatic carbocycles. The number of halogens is 1. The van der Waals surface area contributed by atoms with Crippen molar-refractivity contribution < 1.29 is 28.7 Å². The Morgan fingerprint density at radius 3 is 2.79 bits per heavy atom. The number of amides is 1. The van der Waals surface area contributed by atoms with E-state index in [9.17, 15) is 19.3 Å². The average molecular weight is 455 g/mol. The van der Waals surface area contributed by atoms with Crippen molar-refractivity contribution in [3.05, 3.63) is 64.4 Å². The van der Waals surface area contributed by atoms with Gasteiger partial charge in [0.2, 0.25) is 0 Å².